The molecular formula is C17H22N2O2. The van der Waals surface area contributed by atoms with Crippen molar-refractivity contribution in [1.29, 1.82) is 0 Å². The van der Waals surface area contributed by atoms with Crippen molar-refractivity contribution in [2.24, 2.45) is 11.8 Å². The summed E-state index contributed by atoms with van der Waals surface area (Å²) in [6.45, 7) is 4.34. The average Bonchev–Trinajstić information content (AvgIpc) is 2.73. The van der Waals surface area contributed by atoms with E-state index in [1.807, 2.05) is 26.0 Å². The molecule has 2 atom stereocenters. The fourth-order valence-electron chi connectivity index (χ4n) is 3.48. The van der Waals surface area contributed by atoms with Crippen LogP contribution in [-0.4, -0.2) is 23.4 Å². The summed E-state index contributed by atoms with van der Waals surface area (Å²) in [5.41, 5.74) is 3.28. The Kier molecular flexibility index (Phi) is 3.70. The highest BCUT2D eigenvalue weighted by atomic mass is 16.2. The molecule has 0 aromatic heterocycles. The monoisotopic (exact) mass is 286 g/mol. The third-order valence-electron chi connectivity index (χ3n) is 4.75. The molecule has 1 aliphatic heterocycles. The molecule has 1 aromatic carbocycles. The molecule has 2 fully saturated rings. The number of benzene rings is 1. The maximum Gasteiger partial charge on any atom is 0.234 e. The molecule has 0 radical (unpaired) electrons. The highest BCUT2D eigenvalue weighted by Gasteiger charge is 2.47. The lowest BCUT2D eigenvalue weighted by molar-refractivity contribution is -0.139. The van der Waals surface area contributed by atoms with Gasteiger partial charge in [0, 0.05) is 5.69 Å². The first-order valence-corrected chi connectivity index (χ1v) is 7.74. The summed E-state index contributed by atoms with van der Waals surface area (Å²) in [6, 6.07) is 6.15. The fourth-order valence-corrected chi connectivity index (χ4v) is 3.48. The number of rotatable bonds is 3. The maximum absolute atomic E-state index is 12.4. The van der Waals surface area contributed by atoms with Crippen LogP contribution in [0.5, 0.6) is 0 Å². The SMILES string of the molecule is Cc1ccc(C)c(NCN2C(=O)[C@@H]3CCCC[C@H]3C2=O)c1. The van der Waals surface area contributed by atoms with E-state index in [2.05, 4.69) is 11.4 Å². The number of fused-ring (bicyclic) bond motifs is 1. The van der Waals surface area contributed by atoms with E-state index < -0.39 is 0 Å². The number of nitrogens with one attached hydrogen (secondary N) is 1. The van der Waals surface area contributed by atoms with Crippen molar-refractivity contribution in [3.63, 3.8) is 0 Å². The first kappa shape index (κ1) is 14.1. The lowest BCUT2D eigenvalue weighted by atomic mass is 9.81. The van der Waals surface area contributed by atoms with E-state index in [1.165, 1.54) is 4.90 Å². The Morgan fingerprint density at radius 1 is 1.10 bits per heavy atom. The number of nitrogens with zero attached hydrogens (tertiary/aromatic N) is 1. The van der Waals surface area contributed by atoms with Crippen LogP contribution in [0.3, 0.4) is 0 Å². The van der Waals surface area contributed by atoms with Crippen LogP contribution < -0.4 is 5.32 Å². The van der Waals surface area contributed by atoms with Crippen molar-refractivity contribution in [3.8, 4) is 0 Å². The molecule has 1 N–H and O–H groups in total. The second-order valence-electron chi connectivity index (χ2n) is 6.26. The van der Waals surface area contributed by atoms with Crippen LogP contribution in [-0.2, 0) is 9.59 Å². The molecule has 3 rings (SSSR count). The molecule has 4 heteroatoms. The minimum atomic E-state index is -0.0633. The van der Waals surface area contributed by atoms with Gasteiger partial charge in [0.1, 0.15) is 0 Å². The average molecular weight is 286 g/mol. The number of aryl methyl sites for hydroxylation is 2. The first-order chi connectivity index (χ1) is 10.1. The van der Waals surface area contributed by atoms with Crippen LogP contribution in [0.15, 0.2) is 18.2 Å². The minimum absolute atomic E-state index is 0.0162. The van der Waals surface area contributed by atoms with Gasteiger partial charge in [0.05, 0.1) is 18.5 Å². The molecule has 112 valence electrons. The number of carbonyl (C=O) groups is 2. The van der Waals surface area contributed by atoms with E-state index in [0.717, 1.165) is 42.5 Å². The number of hydrogen-bond donors (Lipinski definition) is 1. The predicted octanol–water partition coefficient (Wildman–Crippen LogP) is 2.85. The van der Waals surface area contributed by atoms with Crippen LogP contribution in [0.1, 0.15) is 36.8 Å². The van der Waals surface area contributed by atoms with Gasteiger partial charge in [-0.15, -0.1) is 0 Å². The molecule has 0 bridgehead atoms. The van der Waals surface area contributed by atoms with Crippen LogP contribution in [0.2, 0.25) is 0 Å². The van der Waals surface area contributed by atoms with Crippen molar-refractivity contribution in [1.82, 2.24) is 4.90 Å². The number of carbonyl (C=O) groups excluding carboxylic acids is 2. The third-order valence-corrected chi connectivity index (χ3v) is 4.75. The second-order valence-corrected chi connectivity index (χ2v) is 6.26. The standard InChI is InChI=1S/C17H22N2O2/c1-11-7-8-12(2)15(9-11)18-10-19-16(20)13-5-3-4-6-14(13)17(19)21/h7-9,13-14,18H,3-6,10H2,1-2H3/t13-,14-/m1/s1. The Balaban J connectivity index is 1.71. The smallest absolute Gasteiger partial charge is 0.234 e. The van der Waals surface area contributed by atoms with E-state index in [9.17, 15) is 9.59 Å². The van der Waals surface area contributed by atoms with Gasteiger partial charge in [-0.05, 0) is 43.9 Å². The lowest BCUT2D eigenvalue weighted by Crippen LogP contribution is -2.35. The van der Waals surface area contributed by atoms with Crippen LogP contribution in [0.4, 0.5) is 5.69 Å². The van der Waals surface area contributed by atoms with Gasteiger partial charge in [-0.25, -0.2) is 0 Å². The fraction of sp³-hybridized carbons (Fsp3) is 0.529. The van der Waals surface area contributed by atoms with Crippen molar-refractivity contribution in [2.75, 3.05) is 12.0 Å². The van der Waals surface area contributed by atoms with Gasteiger partial charge in [0.25, 0.3) is 0 Å². The molecule has 0 spiro atoms. The Hall–Kier alpha value is -1.84. The normalized spacial score (nSPS) is 25.1. The zero-order valence-electron chi connectivity index (χ0n) is 12.7. The van der Waals surface area contributed by atoms with E-state index in [0.29, 0.717) is 0 Å². The summed E-state index contributed by atoms with van der Waals surface area (Å²) in [7, 11) is 0. The van der Waals surface area contributed by atoms with Gasteiger partial charge in [0.15, 0.2) is 0 Å². The van der Waals surface area contributed by atoms with Crippen LogP contribution in [0.25, 0.3) is 0 Å². The molecule has 0 unspecified atom stereocenters. The van der Waals surface area contributed by atoms with Gasteiger partial charge in [-0.2, -0.15) is 0 Å². The predicted molar refractivity (Wildman–Crippen MR) is 81.7 cm³/mol. The molecule has 2 amide bonds. The Morgan fingerprint density at radius 2 is 1.71 bits per heavy atom. The van der Waals surface area contributed by atoms with Gasteiger partial charge < -0.3 is 5.32 Å². The van der Waals surface area contributed by atoms with E-state index >= 15 is 0 Å². The Labute approximate surface area is 125 Å². The highest BCUT2D eigenvalue weighted by Crippen LogP contribution is 2.37. The van der Waals surface area contributed by atoms with Gasteiger partial charge >= 0.3 is 0 Å². The third kappa shape index (κ3) is 2.55. The van der Waals surface area contributed by atoms with Gasteiger partial charge in [-0.3, -0.25) is 14.5 Å². The van der Waals surface area contributed by atoms with Crippen molar-refractivity contribution in [3.05, 3.63) is 29.3 Å². The van der Waals surface area contributed by atoms with Crippen molar-refractivity contribution < 1.29 is 9.59 Å². The molecular weight excluding hydrogens is 264 g/mol. The zero-order valence-corrected chi connectivity index (χ0v) is 12.7. The number of likely N-dealkylation sites (tertiary alicyclic amines) is 1. The summed E-state index contributed by atoms with van der Waals surface area (Å²) >= 11 is 0. The number of imide groups is 1. The molecule has 1 saturated heterocycles. The number of hydrogen-bond acceptors (Lipinski definition) is 3. The van der Waals surface area contributed by atoms with E-state index in [-0.39, 0.29) is 30.3 Å². The van der Waals surface area contributed by atoms with Crippen LogP contribution in [0, 0.1) is 25.7 Å². The highest BCUT2D eigenvalue weighted by molar-refractivity contribution is 6.05. The summed E-state index contributed by atoms with van der Waals surface area (Å²) in [4.78, 5) is 26.2. The zero-order chi connectivity index (χ0) is 15.0. The van der Waals surface area contributed by atoms with Gasteiger partial charge in [-0.1, -0.05) is 25.0 Å². The van der Waals surface area contributed by atoms with Crippen molar-refractivity contribution in [2.45, 2.75) is 39.5 Å². The molecule has 4 nitrogen and oxygen atoms in total. The molecule has 2 aliphatic rings. The molecule has 21 heavy (non-hydrogen) atoms. The number of anilines is 1. The van der Waals surface area contributed by atoms with Crippen molar-refractivity contribution >= 4 is 17.5 Å². The Morgan fingerprint density at radius 3 is 2.33 bits per heavy atom. The molecule has 1 saturated carbocycles. The maximum atomic E-state index is 12.4. The topological polar surface area (TPSA) is 49.4 Å². The van der Waals surface area contributed by atoms with Gasteiger partial charge in [0.2, 0.25) is 11.8 Å². The summed E-state index contributed by atoms with van der Waals surface area (Å²) in [5, 5.41) is 3.25. The molecule has 1 aromatic rings. The van der Waals surface area contributed by atoms with Crippen LogP contribution >= 0.6 is 0 Å². The first-order valence-electron chi connectivity index (χ1n) is 7.74. The summed E-state index contributed by atoms with van der Waals surface area (Å²) < 4.78 is 0. The minimum Gasteiger partial charge on any atom is -0.367 e. The number of amides is 2. The van der Waals surface area contributed by atoms with E-state index in [1.54, 1.807) is 0 Å². The summed E-state index contributed by atoms with van der Waals surface area (Å²) in [5.74, 6) is -0.0941. The van der Waals surface area contributed by atoms with E-state index in [4.69, 9.17) is 0 Å². The Bertz CT molecular complexity index is 558. The largest absolute Gasteiger partial charge is 0.367 e. The summed E-state index contributed by atoms with van der Waals surface area (Å²) in [6.07, 6.45) is 3.88. The molecule has 1 aliphatic carbocycles. The molecule has 1 heterocycles. The lowest BCUT2D eigenvalue weighted by Gasteiger charge is -2.19. The second kappa shape index (κ2) is 5.51. The quantitative estimate of drug-likeness (QED) is 0.869.